The van der Waals surface area contributed by atoms with Gasteiger partial charge in [-0.3, -0.25) is 15.0 Å². The van der Waals surface area contributed by atoms with Gasteiger partial charge < -0.3 is 5.32 Å². The number of H-pyrrole nitrogens is 1. The number of nitrogens with one attached hydrogen (secondary N) is 2. The van der Waals surface area contributed by atoms with E-state index in [1.54, 1.807) is 0 Å². The summed E-state index contributed by atoms with van der Waals surface area (Å²) in [6.45, 7) is 14.9. The molecule has 0 saturated heterocycles. The molecular weight excluding hydrogens is 310 g/mol. The number of aliphatic imine (C=N–C) groups is 1. The van der Waals surface area contributed by atoms with E-state index in [0.717, 1.165) is 49.4 Å². The Balaban J connectivity index is 1.50. The summed E-state index contributed by atoms with van der Waals surface area (Å²) in [5, 5.41) is 11.7. The van der Waals surface area contributed by atoms with Gasteiger partial charge in [-0.2, -0.15) is 5.10 Å². The van der Waals surface area contributed by atoms with Crippen LogP contribution in [0, 0.1) is 17.3 Å². The van der Waals surface area contributed by atoms with E-state index in [1.165, 1.54) is 24.1 Å². The zero-order valence-corrected chi connectivity index (χ0v) is 16.4. The molecule has 2 aliphatic heterocycles. The van der Waals surface area contributed by atoms with Crippen LogP contribution in [-0.4, -0.2) is 46.1 Å². The highest BCUT2D eigenvalue weighted by atomic mass is 15.2. The second-order valence-electron chi connectivity index (χ2n) is 9.77. The normalized spacial score (nSPS) is 32.8. The third-order valence-electron chi connectivity index (χ3n) is 6.23. The Morgan fingerprint density at radius 2 is 1.92 bits per heavy atom. The molecule has 3 heterocycles. The molecule has 3 aliphatic rings. The highest BCUT2D eigenvalue weighted by molar-refractivity contribution is 6.00. The minimum atomic E-state index is 0.334. The minimum absolute atomic E-state index is 0.334. The van der Waals surface area contributed by atoms with Crippen LogP contribution in [0.5, 0.6) is 0 Å². The predicted octanol–water partition coefficient (Wildman–Crippen LogP) is 2.97. The quantitative estimate of drug-likeness (QED) is 0.868. The summed E-state index contributed by atoms with van der Waals surface area (Å²) >= 11 is 0. The van der Waals surface area contributed by atoms with Gasteiger partial charge in [-0.25, -0.2) is 0 Å². The largest absolute Gasteiger partial charge is 0.364 e. The lowest BCUT2D eigenvalue weighted by Gasteiger charge is -2.33. The Kier molecular flexibility index (Phi) is 4.18. The third kappa shape index (κ3) is 3.35. The zero-order valence-electron chi connectivity index (χ0n) is 16.4. The van der Waals surface area contributed by atoms with Crippen LogP contribution in [0.1, 0.15) is 64.4 Å². The molecule has 0 aromatic carbocycles. The van der Waals surface area contributed by atoms with Crippen molar-refractivity contribution in [2.45, 2.75) is 72.5 Å². The number of nitrogens with zero attached hydrogens (tertiary/aromatic N) is 3. The van der Waals surface area contributed by atoms with Crippen molar-refractivity contribution in [3.63, 3.8) is 0 Å². The van der Waals surface area contributed by atoms with Crippen LogP contribution in [0.3, 0.4) is 0 Å². The first-order valence-electron chi connectivity index (χ1n) is 9.93. The molecule has 1 saturated carbocycles. The third-order valence-corrected chi connectivity index (χ3v) is 6.23. The van der Waals surface area contributed by atoms with E-state index in [1.807, 2.05) is 0 Å². The van der Waals surface area contributed by atoms with Gasteiger partial charge in [0.05, 0.1) is 17.8 Å². The van der Waals surface area contributed by atoms with Gasteiger partial charge in [-0.1, -0.05) is 34.6 Å². The van der Waals surface area contributed by atoms with Gasteiger partial charge >= 0.3 is 0 Å². The molecule has 138 valence electrons. The summed E-state index contributed by atoms with van der Waals surface area (Å²) in [4.78, 5) is 7.57. The fraction of sp³-hybridized carbons (Fsp3) is 0.800. The second kappa shape index (κ2) is 6.11. The van der Waals surface area contributed by atoms with Gasteiger partial charge in [0.25, 0.3) is 0 Å². The van der Waals surface area contributed by atoms with Crippen LogP contribution in [0.15, 0.2) is 4.99 Å². The maximum Gasteiger partial charge on any atom is 0.150 e. The molecule has 0 amide bonds. The van der Waals surface area contributed by atoms with E-state index in [2.05, 4.69) is 55.0 Å². The maximum absolute atomic E-state index is 5.03. The molecule has 4 rings (SSSR count). The van der Waals surface area contributed by atoms with Gasteiger partial charge in [0, 0.05) is 25.2 Å². The molecule has 1 fully saturated rings. The molecule has 1 aromatic rings. The Labute approximate surface area is 151 Å². The Morgan fingerprint density at radius 3 is 2.68 bits per heavy atom. The number of hydrogen-bond donors (Lipinski definition) is 2. The molecule has 1 aliphatic carbocycles. The highest BCUT2D eigenvalue weighted by Gasteiger charge is 2.38. The molecule has 5 heteroatoms. The van der Waals surface area contributed by atoms with Gasteiger partial charge in [0.2, 0.25) is 0 Å². The molecule has 0 spiro atoms. The molecular formula is C20H33N5. The number of aromatic nitrogens is 2. The number of hydrogen-bond acceptors (Lipinski definition) is 4. The summed E-state index contributed by atoms with van der Waals surface area (Å²) in [5.74, 6) is 2.59. The highest BCUT2D eigenvalue weighted by Crippen LogP contribution is 2.34. The van der Waals surface area contributed by atoms with E-state index in [0.29, 0.717) is 17.5 Å². The van der Waals surface area contributed by atoms with Crippen LogP contribution in [0.25, 0.3) is 0 Å². The van der Waals surface area contributed by atoms with Crippen molar-refractivity contribution >= 4 is 5.84 Å². The van der Waals surface area contributed by atoms with Crippen molar-refractivity contribution in [1.29, 1.82) is 0 Å². The SMILES string of the molecule is CC1CC2NC(c3n[nH]c4c3CCN(CC(C)(C)C)C4)=NC2C[C@@H]1C. The van der Waals surface area contributed by atoms with Gasteiger partial charge in [0.15, 0.2) is 0 Å². The molecule has 3 unspecified atom stereocenters. The number of fused-ring (bicyclic) bond motifs is 2. The first kappa shape index (κ1) is 17.1. The van der Waals surface area contributed by atoms with Crippen molar-refractivity contribution < 1.29 is 0 Å². The maximum atomic E-state index is 5.03. The van der Waals surface area contributed by atoms with Crippen molar-refractivity contribution in [2.24, 2.45) is 22.2 Å². The molecule has 5 nitrogen and oxygen atoms in total. The number of aromatic amines is 1. The van der Waals surface area contributed by atoms with Crippen LogP contribution in [0.4, 0.5) is 0 Å². The predicted molar refractivity (Wildman–Crippen MR) is 102 cm³/mol. The topological polar surface area (TPSA) is 56.3 Å². The lowest BCUT2D eigenvalue weighted by Crippen LogP contribution is -2.42. The van der Waals surface area contributed by atoms with Crippen LogP contribution in [0.2, 0.25) is 0 Å². The number of amidine groups is 1. The minimum Gasteiger partial charge on any atom is -0.364 e. The van der Waals surface area contributed by atoms with Crippen LogP contribution in [-0.2, 0) is 13.0 Å². The summed E-state index contributed by atoms with van der Waals surface area (Å²) in [7, 11) is 0. The first-order valence-corrected chi connectivity index (χ1v) is 9.93. The van der Waals surface area contributed by atoms with Gasteiger partial charge in [-0.05, 0) is 36.5 Å². The van der Waals surface area contributed by atoms with Gasteiger partial charge in [-0.15, -0.1) is 0 Å². The molecule has 4 atom stereocenters. The van der Waals surface area contributed by atoms with E-state index >= 15 is 0 Å². The molecule has 0 bridgehead atoms. The van der Waals surface area contributed by atoms with Crippen molar-refractivity contribution in [3.8, 4) is 0 Å². The zero-order chi connectivity index (χ0) is 17.8. The van der Waals surface area contributed by atoms with Crippen molar-refractivity contribution in [2.75, 3.05) is 13.1 Å². The second-order valence-corrected chi connectivity index (χ2v) is 9.77. The van der Waals surface area contributed by atoms with Crippen molar-refractivity contribution in [1.82, 2.24) is 20.4 Å². The average molecular weight is 344 g/mol. The number of rotatable bonds is 2. The molecule has 25 heavy (non-hydrogen) atoms. The summed E-state index contributed by atoms with van der Waals surface area (Å²) in [6, 6.07) is 0.948. The van der Waals surface area contributed by atoms with Crippen LogP contribution < -0.4 is 5.32 Å². The van der Waals surface area contributed by atoms with E-state index < -0.39 is 0 Å². The van der Waals surface area contributed by atoms with Crippen molar-refractivity contribution in [3.05, 3.63) is 17.0 Å². The Bertz CT molecular complexity index is 668. The van der Waals surface area contributed by atoms with Crippen LogP contribution >= 0.6 is 0 Å². The Morgan fingerprint density at radius 1 is 1.16 bits per heavy atom. The van der Waals surface area contributed by atoms with Gasteiger partial charge in [0.1, 0.15) is 11.5 Å². The standard InChI is InChI=1S/C20H33N5/c1-12-8-15-16(9-13(12)2)22-19(21-15)18-14-6-7-25(11-20(3,4)5)10-17(14)23-24-18/h12-13,15-16H,6-11H2,1-5H3,(H,21,22)(H,23,24)/t12-,13?,15?,16?/m0/s1. The summed E-state index contributed by atoms with van der Waals surface area (Å²) in [6.07, 6.45) is 3.50. The lowest BCUT2D eigenvalue weighted by molar-refractivity contribution is 0.175. The molecule has 1 aromatic heterocycles. The summed E-state index contributed by atoms with van der Waals surface area (Å²) < 4.78 is 0. The Hall–Kier alpha value is -1.36. The average Bonchev–Trinajstić information content (AvgIpc) is 3.09. The fourth-order valence-electron chi connectivity index (χ4n) is 4.75. The fourth-order valence-corrected chi connectivity index (χ4v) is 4.75. The first-order chi connectivity index (χ1) is 11.8. The smallest absolute Gasteiger partial charge is 0.150 e. The van der Waals surface area contributed by atoms with E-state index in [4.69, 9.17) is 4.99 Å². The summed E-state index contributed by atoms with van der Waals surface area (Å²) in [5.41, 5.74) is 4.09. The van der Waals surface area contributed by atoms with E-state index in [-0.39, 0.29) is 0 Å². The van der Waals surface area contributed by atoms with E-state index in [9.17, 15) is 0 Å². The lowest BCUT2D eigenvalue weighted by atomic mass is 9.77. The molecule has 2 N–H and O–H groups in total. The molecule has 0 radical (unpaired) electrons. The monoisotopic (exact) mass is 343 g/mol.